The molecule has 0 fully saturated rings. The molecule has 1 N–H and O–H groups in total. The van der Waals surface area contributed by atoms with Crippen LogP contribution in [0.5, 0.6) is 0 Å². The second kappa shape index (κ2) is 3.55. The summed E-state index contributed by atoms with van der Waals surface area (Å²) in [7, 11) is 0. The second-order valence-corrected chi connectivity index (χ2v) is 4.34. The van der Waals surface area contributed by atoms with Crippen molar-refractivity contribution in [3.05, 3.63) is 12.0 Å². The molecule has 72 valence electrons. The summed E-state index contributed by atoms with van der Waals surface area (Å²) in [6, 6.07) is 0. The van der Waals surface area contributed by atoms with E-state index in [1.165, 1.54) is 13.1 Å². The Kier molecular flexibility index (Phi) is 2.83. The predicted molar refractivity (Wildman–Crippen MR) is 50.0 cm³/mol. The molecule has 0 bridgehead atoms. The first kappa shape index (κ1) is 10.3. The summed E-state index contributed by atoms with van der Waals surface area (Å²) < 4.78 is 3.27. The smallest absolute Gasteiger partial charge is 0.260 e. The minimum absolute atomic E-state index is 0.470. The van der Waals surface area contributed by atoms with Crippen molar-refractivity contribution in [2.75, 3.05) is 5.32 Å². The van der Waals surface area contributed by atoms with Crippen LogP contribution in [0.15, 0.2) is 10.7 Å². The second-order valence-electron chi connectivity index (χ2n) is 2.64. The van der Waals surface area contributed by atoms with E-state index >= 15 is 0 Å². The highest BCUT2D eigenvalue weighted by atomic mass is 35.5. The van der Waals surface area contributed by atoms with Crippen molar-refractivity contribution < 1.29 is 9.32 Å². The molecule has 4 nitrogen and oxygen atoms in total. The van der Waals surface area contributed by atoms with E-state index in [1.807, 2.05) is 0 Å². The van der Waals surface area contributed by atoms with Gasteiger partial charge in [0.2, 0.25) is 0 Å². The van der Waals surface area contributed by atoms with E-state index < -0.39 is 10.2 Å². The van der Waals surface area contributed by atoms with Crippen molar-refractivity contribution in [3.8, 4) is 0 Å². The quantitative estimate of drug-likeness (QED) is 0.781. The zero-order valence-electron chi connectivity index (χ0n) is 7.10. The molecule has 0 aliphatic carbocycles. The van der Waals surface area contributed by atoms with Crippen LogP contribution in [0.4, 0.5) is 5.69 Å². The number of rotatable bonds is 2. The molecule has 0 aliphatic rings. The number of alkyl halides is 2. The van der Waals surface area contributed by atoms with Gasteiger partial charge in [0.05, 0.1) is 6.20 Å². The number of aryl methyl sites for hydroxylation is 1. The van der Waals surface area contributed by atoms with E-state index in [0.717, 1.165) is 0 Å². The van der Waals surface area contributed by atoms with Crippen molar-refractivity contribution in [2.45, 2.75) is 18.2 Å². The lowest BCUT2D eigenvalue weighted by Crippen LogP contribution is -2.29. The van der Waals surface area contributed by atoms with Crippen molar-refractivity contribution >= 4 is 34.8 Å². The van der Waals surface area contributed by atoms with Gasteiger partial charge in [-0.2, -0.15) is 0 Å². The summed E-state index contributed by atoms with van der Waals surface area (Å²) in [6.45, 7) is 3.05. The summed E-state index contributed by atoms with van der Waals surface area (Å²) in [5, 5.41) is 5.95. The van der Waals surface area contributed by atoms with Crippen molar-refractivity contribution in [1.82, 2.24) is 5.16 Å². The molecule has 0 aliphatic heterocycles. The summed E-state index contributed by atoms with van der Waals surface area (Å²) >= 11 is 11.1. The number of nitrogens with one attached hydrogen (secondary N) is 1. The molecule has 0 saturated heterocycles. The molecule has 0 spiro atoms. The van der Waals surface area contributed by atoms with Gasteiger partial charge in [-0.15, -0.1) is 0 Å². The molecule has 13 heavy (non-hydrogen) atoms. The van der Waals surface area contributed by atoms with Gasteiger partial charge >= 0.3 is 0 Å². The van der Waals surface area contributed by atoms with Gasteiger partial charge in [0.25, 0.3) is 5.91 Å². The van der Waals surface area contributed by atoms with Crippen molar-refractivity contribution in [1.29, 1.82) is 0 Å². The SMILES string of the molecule is Cc1oncc1NC(=O)C(C)(Cl)Cl. The maximum absolute atomic E-state index is 11.2. The van der Waals surface area contributed by atoms with Gasteiger partial charge in [-0.1, -0.05) is 28.4 Å². The fourth-order valence-electron chi connectivity index (χ4n) is 0.651. The van der Waals surface area contributed by atoms with Gasteiger partial charge in [-0.05, 0) is 13.8 Å². The van der Waals surface area contributed by atoms with E-state index in [-0.39, 0.29) is 0 Å². The zero-order valence-corrected chi connectivity index (χ0v) is 8.61. The first-order valence-corrected chi connectivity index (χ1v) is 4.27. The Bertz CT molecular complexity index is 317. The fraction of sp³-hybridized carbons (Fsp3) is 0.429. The van der Waals surface area contributed by atoms with Gasteiger partial charge in [-0.3, -0.25) is 4.79 Å². The molecule has 1 amide bonds. The Morgan fingerprint density at radius 2 is 2.31 bits per heavy atom. The number of hydrogen-bond acceptors (Lipinski definition) is 3. The molecule has 0 radical (unpaired) electrons. The molecule has 0 saturated carbocycles. The van der Waals surface area contributed by atoms with E-state index in [0.29, 0.717) is 11.4 Å². The van der Waals surface area contributed by atoms with Crippen LogP contribution in [-0.4, -0.2) is 15.4 Å². The molecule has 1 rings (SSSR count). The molecule has 1 heterocycles. The maximum atomic E-state index is 11.2. The number of carbonyl (C=O) groups is 1. The Morgan fingerprint density at radius 3 is 2.69 bits per heavy atom. The zero-order chi connectivity index (χ0) is 10.1. The van der Waals surface area contributed by atoms with Crippen LogP contribution < -0.4 is 5.32 Å². The Balaban J connectivity index is 2.71. The lowest BCUT2D eigenvalue weighted by atomic mass is 10.3. The average molecular weight is 223 g/mol. The normalized spacial score (nSPS) is 11.4. The summed E-state index contributed by atoms with van der Waals surface area (Å²) in [5.74, 6) is -0.00642. The van der Waals surface area contributed by atoms with Crippen LogP contribution in [0.25, 0.3) is 0 Å². The number of nitrogens with zero attached hydrogens (tertiary/aromatic N) is 1. The fourth-order valence-corrected chi connectivity index (χ4v) is 0.745. The van der Waals surface area contributed by atoms with Gasteiger partial charge in [0, 0.05) is 0 Å². The Labute approximate surface area is 85.2 Å². The topological polar surface area (TPSA) is 55.1 Å². The van der Waals surface area contributed by atoms with E-state index in [2.05, 4.69) is 10.5 Å². The molecule has 0 unspecified atom stereocenters. The molecular weight excluding hydrogens is 215 g/mol. The monoisotopic (exact) mass is 222 g/mol. The van der Waals surface area contributed by atoms with Gasteiger partial charge in [0.15, 0.2) is 10.1 Å². The number of aromatic nitrogens is 1. The molecule has 0 aromatic carbocycles. The number of amides is 1. The third kappa shape index (κ3) is 2.60. The molecule has 6 heteroatoms. The first-order valence-electron chi connectivity index (χ1n) is 3.52. The third-order valence-corrected chi connectivity index (χ3v) is 1.74. The van der Waals surface area contributed by atoms with E-state index in [4.69, 9.17) is 27.7 Å². The highest BCUT2D eigenvalue weighted by Crippen LogP contribution is 2.22. The standard InChI is InChI=1S/C7H8Cl2N2O2/c1-4-5(3-10-13-4)11-6(12)7(2,8)9/h3H,1-2H3,(H,11,12). The number of halogens is 2. The van der Waals surface area contributed by atoms with Gasteiger partial charge < -0.3 is 9.84 Å². The van der Waals surface area contributed by atoms with Crippen LogP contribution in [0.1, 0.15) is 12.7 Å². The summed E-state index contributed by atoms with van der Waals surface area (Å²) in [4.78, 5) is 11.2. The minimum atomic E-state index is -1.45. The number of hydrogen-bond donors (Lipinski definition) is 1. The van der Waals surface area contributed by atoms with Crippen LogP contribution in [0, 0.1) is 6.92 Å². The van der Waals surface area contributed by atoms with Crippen molar-refractivity contribution in [2.24, 2.45) is 0 Å². The lowest BCUT2D eigenvalue weighted by Gasteiger charge is -2.11. The molecule has 1 aromatic rings. The van der Waals surface area contributed by atoms with Gasteiger partial charge in [0.1, 0.15) is 5.69 Å². The maximum Gasteiger partial charge on any atom is 0.260 e. The number of anilines is 1. The Hall–Kier alpha value is -0.740. The predicted octanol–water partition coefficient (Wildman–Crippen LogP) is 2.12. The van der Waals surface area contributed by atoms with E-state index in [9.17, 15) is 4.79 Å². The molecular formula is C7H8Cl2N2O2. The minimum Gasteiger partial charge on any atom is -0.359 e. The van der Waals surface area contributed by atoms with Crippen LogP contribution in [-0.2, 0) is 4.79 Å². The van der Waals surface area contributed by atoms with Crippen LogP contribution in [0.2, 0.25) is 0 Å². The lowest BCUT2D eigenvalue weighted by molar-refractivity contribution is -0.116. The largest absolute Gasteiger partial charge is 0.359 e. The van der Waals surface area contributed by atoms with Gasteiger partial charge in [-0.25, -0.2) is 0 Å². The van der Waals surface area contributed by atoms with E-state index in [1.54, 1.807) is 6.92 Å². The average Bonchev–Trinajstić information content (AvgIpc) is 2.34. The highest BCUT2D eigenvalue weighted by molar-refractivity contribution is 6.58. The van der Waals surface area contributed by atoms with Crippen LogP contribution >= 0.6 is 23.2 Å². The third-order valence-electron chi connectivity index (χ3n) is 1.40. The highest BCUT2D eigenvalue weighted by Gasteiger charge is 2.28. The summed E-state index contributed by atoms with van der Waals surface area (Å²) in [5.41, 5.74) is 0.470. The first-order chi connectivity index (χ1) is 5.91. The summed E-state index contributed by atoms with van der Waals surface area (Å²) in [6.07, 6.45) is 1.38. The molecule has 1 aromatic heterocycles. The van der Waals surface area contributed by atoms with Crippen molar-refractivity contribution in [3.63, 3.8) is 0 Å². The number of carbonyl (C=O) groups excluding carboxylic acids is 1. The Morgan fingerprint density at radius 1 is 1.69 bits per heavy atom. The van der Waals surface area contributed by atoms with Crippen LogP contribution in [0.3, 0.4) is 0 Å². The molecule has 0 atom stereocenters.